The van der Waals surface area contributed by atoms with Crippen LogP contribution in [0.15, 0.2) is 35.7 Å². The van der Waals surface area contributed by atoms with Crippen molar-refractivity contribution in [3.05, 3.63) is 41.3 Å². The molecule has 3 rings (SSSR count). The van der Waals surface area contributed by atoms with Gasteiger partial charge in [0, 0.05) is 44.7 Å². The predicted octanol–water partition coefficient (Wildman–Crippen LogP) is 0.922. The molecule has 0 aromatic heterocycles. The number of nitrogens with two attached hydrogens (primary N) is 1. The molecular formula is C19H26N4O4S. The van der Waals surface area contributed by atoms with Crippen LogP contribution in [0.5, 0.6) is 0 Å². The Morgan fingerprint density at radius 2 is 1.68 bits per heavy atom. The third-order valence-corrected chi connectivity index (χ3v) is 6.79. The molecule has 0 aliphatic carbocycles. The van der Waals surface area contributed by atoms with Crippen molar-refractivity contribution < 1.29 is 18.0 Å². The van der Waals surface area contributed by atoms with Gasteiger partial charge >= 0.3 is 6.03 Å². The third kappa shape index (κ3) is 4.90. The predicted molar refractivity (Wildman–Crippen MR) is 106 cm³/mol. The minimum Gasteiger partial charge on any atom is -0.351 e. The van der Waals surface area contributed by atoms with Crippen LogP contribution in [0, 0.1) is 5.92 Å². The summed E-state index contributed by atoms with van der Waals surface area (Å²) in [5.41, 5.74) is 6.14. The average Bonchev–Trinajstić information content (AvgIpc) is 2.73. The summed E-state index contributed by atoms with van der Waals surface area (Å²) in [7, 11) is -3.53. The van der Waals surface area contributed by atoms with Crippen LogP contribution in [-0.2, 0) is 14.8 Å². The van der Waals surface area contributed by atoms with E-state index in [1.165, 1.54) is 14.6 Å². The Hall–Kier alpha value is -2.39. The highest BCUT2D eigenvalue weighted by Crippen LogP contribution is 2.20. The number of primary amides is 1. The molecule has 0 bridgehead atoms. The number of nitrogens with zero attached hydrogens (tertiary/aromatic N) is 3. The van der Waals surface area contributed by atoms with Crippen LogP contribution in [-0.4, -0.2) is 73.7 Å². The monoisotopic (exact) mass is 406 g/mol. The molecule has 2 heterocycles. The zero-order valence-corrected chi connectivity index (χ0v) is 16.6. The summed E-state index contributed by atoms with van der Waals surface area (Å²) >= 11 is 0. The van der Waals surface area contributed by atoms with Gasteiger partial charge in [-0.25, -0.2) is 13.2 Å². The van der Waals surface area contributed by atoms with Crippen molar-refractivity contribution in [3.8, 4) is 0 Å². The summed E-state index contributed by atoms with van der Waals surface area (Å²) in [6, 6.07) is 8.74. The molecule has 2 saturated heterocycles. The lowest BCUT2D eigenvalue weighted by Crippen LogP contribution is -2.54. The number of carbonyl (C=O) groups is 2. The molecule has 152 valence electrons. The maximum absolute atomic E-state index is 12.8. The first-order valence-corrected chi connectivity index (χ1v) is 10.9. The Bertz CT molecular complexity index is 833. The molecule has 9 heteroatoms. The van der Waals surface area contributed by atoms with E-state index in [9.17, 15) is 18.0 Å². The highest BCUT2D eigenvalue weighted by Gasteiger charge is 2.33. The number of piperazine rings is 1. The van der Waals surface area contributed by atoms with Crippen LogP contribution < -0.4 is 5.73 Å². The van der Waals surface area contributed by atoms with Crippen molar-refractivity contribution in [2.45, 2.75) is 12.8 Å². The lowest BCUT2D eigenvalue weighted by atomic mass is 9.96. The summed E-state index contributed by atoms with van der Waals surface area (Å²) in [6.07, 6.45) is 3.05. The van der Waals surface area contributed by atoms with Gasteiger partial charge in [-0.2, -0.15) is 4.31 Å². The molecule has 0 saturated carbocycles. The number of piperidine rings is 1. The average molecular weight is 407 g/mol. The maximum atomic E-state index is 12.8. The Labute approximate surface area is 165 Å². The second-order valence-corrected chi connectivity index (χ2v) is 8.92. The van der Waals surface area contributed by atoms with Gasteiger partial charge in [-0.05, 0) is 24.5 Å². The fraction of sp³-hybridized carbons (Fsp3) is 0.474. The van der Waals surface area contributed by atoms with E-state index < -0.39 is 16.1 Å². The summed E-state index contributed by atoms with van der Waals surface area (Å²) in [5, 5.41) is 1.21. The zero-order chi connectivity index (χ0) is 20.1. The standard InChI is InChI=1S/C19H26N4O4S/c20-19(25)22-9-4-7-17(15-22)18(24)21-10-12-23(13-11-21)28(26,27)14-8-16-5-2-1-3-6-16/h1-3,5-6,8,14,17H,4,7,9-13,15H2,(H2,20,25)/b14-8+/t17-/m1/s1. The lowest BCUT2D eigenvalue weighted by Gasteiger charge is -2.38. The van der Waals surface area contributed by atoms with Gasteiger partial charge in [-0.3, -0.25) is 4.79 Å². The smallest absolute Gasteiger partial charge is 0.314 e. The molecule has 0 radical (unpaired) electrons. The van der Waals surface area contributed by atoms with E-state index in [4.69, 9.17) is 5.73 Å². The van der Waals surface area contributed by atoms with Crippen molar-refractivity contribution in [1.82, 2.24) is 14.1 Å². The zero-order valence-electron chi connectivity index (χ0n) is 15.7. The Morgan fingerprint density at radius 3 is 2.32 bits per heavy atom. The molecule has 28 heavy (non-hydrogen) atoms. The highest BCUT2D eigenvalue weighted by molar-refractivity contribution is 7.92. The van der Waals surface area contributed by atoms with Crippen molar-refractivity contribution in [2.75, 3.05) is 39.3 Å². The van der Waals surface area contributed by atoms with Crippen LogP contribution in [0.3, 0.4) is 0 Å². The van der Waals surface area contributed by atoms with E-state index in [0.717, 1.165) is 18.4 Å². The second-order valence-electron chi connectivity index (χ2n) is 7.11. The van der Waals surface area contributed by atoms with E-state index in [1.54, 1.807) is 11.0 Å². The number of likely N-dealkylation sites (tertiary alicyclic amines) is 1. The van der Waals surface area contributed by atoms with E-state index in [0.29, 0.717) is 26.2 Å². The summed E-state index contributed by atoms with van der Waals surface area (Å²) in [4.78, 5) is 27.3. The van der Waals surface area contributed by atoms with Crippen molar-refractivity contribution >= 4 is 28.0 Å². The first-order chi connectivity index (χ1) is 13.4. The lowest BCUT2D eigenvalue weighted by molar-refractivity contribution is -0.138. The maximum Gasteiger partial charge on any atom is 0.314 e. The van der Waals surface area contributed by atoms with Gasteiger partial charge in [0.25, 0.3) is 0 Å². The topological polar surface area (TPSA) is 104 Å². The van der Waals surface area contributed by atoms with Crippen LogP contribution in [0.25, 0.3) is 6.08 Å². The van der Waals surface area contributed by atoms with Crippen LogP contribution in [0.2, 0.25) is 0 Å². The minimum atomic E-state index is -3.53. The second kappa shape index (κ2) is 8.74. The molecule has 1 atom stereocenters. The number of urea groups is 1. The molecule has 1 aromatic carbocycles. The first kappa shape index (κ1) is 20.3. The summed E-state index contributed by atoms with van der Waals surface area (Å²) in [6.45, 7) is 2.15. The normalized spacial score (nSPS) is 21.8. The SMILES string of the molecule is NC(=O)N1CCC[C@@H](C(=O)N2CCN(S(=O)(=O)/C=C/c3ccccc3)CC2)C1. The fourth-order valence-electron chi connectivity index (χ4n) is 3.61. The van der Waals surface area contributed by atoms with Crippen LogP contribution >= 0.6 is 0 Å². The van der Waals surface area contributed by atoms with Crippen molar-refractivity contribution in [2.24, 2.45) is 11.7 Å². The number of amides is 3. The van der Waals surface area contributed by atoms with Gasteiger partial charge in [0.2, 0.25) is 15.9 Å². The van der Waals surface area contributed by atoms with Gasteiger partial charge in [-0.15, -0.1) is 0 Å². The molecular weight excluding hydrogens is 380 g/mol. The summed E-state index contributed by atoms with van der Waals surface area (Å²) in [5.74, 6) is -0.287. The Morgan fingerprint density at radius 1 is 1.00 bits per heavy atom. The third-order valence-electron chi connectivity index (χ3n) is 5.22. The molecule has 0 spiro atoms. The van der Waals surface area contributed by atoms with Gasteiger partial charge < -0.3 is 15.5 Å². The number of benzene rings is 1. The molecule has 3 amide bonds. The molecule has 1 aromatic rings. The van der Waals surface area contributed by atoms with Gasteiger partial charge in [-0.1, -0.05) is 30.3 Å². The van der Waals surface area contributed by atoms with E-state index >= 15 is 0 Å². The van der Waals surface area contributed by atoms with Crippen LogP contribution in [0.1, 0.15) is 18.4 Å². The highest BCUT2D eigenvalue weighted by atomic mass is 32.2. The number of hydrogen-bond donors (Lipinski definition) is 1. The molecule has 2 aliphatic rings. The number of sulfonamides is 1. The molecule has 2 N–H and O–H groups in total. The Kier molecular flexibility index (Phi) is 6.35. The minimum absolute atomic E-state index is 0.0252. The molecule has 8 nitrogen and oxygen atoms in total. The van der Waals surface area contributed by atoms with Gasteiger partial charge in [0.1, 0.15) is 0 Å². The fourth-order valence-corrected chi connectivity index (χ4v) is 4.79. The van der Waals surface area contributed by atoms with E-state index in [1.807, 2.05) is 30.3 Å². The number of hydrogen-bond acceptors (Lipinski definition) is 4. The van der Waals surface area contributed by atoms with Gasteiger partial charge in [0.15, 0.2) is 0 Å². The number of rotatable bonds is 4. The van der Waals surface area contributed by atoms with Crippen molar-refractivity contribution in [1.29, 1.82) is 0 Å². The Balaban J connectivity index is 1.55. The largest absolute Gasteiger partial charge is 0.351 e. The molecule has 0 unspecified atom stereocenters. The summed E-state index contributed by atoms with van der Waals surface area (Å²) < 4.78 is 26.5. The first-order valence-electron chi connectivity index (χ1n) is 9.43. The van der Waals surface area contributed by atoms with E-state index in [-0.39, 0.29) is 24.9 Å². The molecule has 2 aliphatic heterocycles. The quantitative estimate of drug-likeness (QED) is 0.803. The molecule has 2 fully saturated rings. The van der Waals surface area contributed by atoms with Crippen LogP contribution in [0.4, 0.5) is 4.79 Å². The number of carbonyl (C=O) groups excluding carboxylic acids is 2. The van der Waals surface area contributed by atoms with E-state index in [2.05, 4.69) is 0 Å². The van der Waals surface area contributed by atoms with Crippen molar-refractivity contribution in [3.63, 3.8) is 0 Å². The van der Waals surface area contributed by atoms with Gasteiger partial charge in [0.05, 0.1) is 5.92 Å².